The quantitative estimate of drug-likeness (QED) is 0.584. The third kappa shape index (κ3) is 4.85. The second-order valence-electron chi connectivity index (χ2n) is 6.10. The Bertz CT molecular complexity index is 928. The van der Waals surface area contributed by atoms with E-state index < -0.39 is 0 Å². The fraction of sp³-hybridized carbons (Fsp3) is 0.263. The highest BCUT2D eigenvalue weighted by Crippen LogP contribution is 2.20. The van der Waals surface area contributed by atoms with Gasteiger partial charge in [0, 0.05) is 13.6 Å². The summed E-state index contributed by atoms with van der Waals surface area (Å²) in [5.74, 6) is 1.04. The van der Waals surface area contributed by atoms with Crippen LogP contribution in [0.15, 0.2) is 53.7 Å². The number of aromatic nitrogens is 4. The van der Waals surface area contributed by atoms with Gasteiger partial charge in [0.25, 0.3) is 0 Å². The minimum absolute atomic E-state index is 0.00149. The van der Waals surface area contributed by atoms with Crippen LogP contribution in [0.25, 0.3) is 5.69 Å². The summed E-state index contributed by atoms with van der Waals surface area (Å²) in [4.78, 5) is 14.2. The number of carbonyl (C=O) groups excluding carboxylic acids is 1. The number of benzene rings is 2. The lowest BCUT2D eigenvalue weighted by atomic mass is 10.2. The van der Waals surface area contributed by atoms with Crippen LogP contribution in [0.3, 0.4) is 0 Å². The van der Waals surface area contributed by atoms with Crippen molar-refractivity contribution >= 4 is 17.7 Å². The number of nitrogens with zero attached hydrogens (tertiary/aromatic N) is 5. The molecule has 0 saturated heterocycles. The zero-order valence-corrected chi connectivity index (χ0v) is 16.3. The molecule has 0 bridgehead atoms. The summed E-state index contributed by atoms with van der Waals surface area (Å²) in [6.45, 7) is 2.52. The van der Waals surface area contributed by atoms with Crippen LogP contribution in [-0.4, -0.2) is 50.9 Å². The van der Waals surface area contributed by atoms with Crippen molar-refractivity contribution in [2.24, 2.45) is 0 Å². The molecular formula is C19H21N5O2S. The molecular weight excluding hydrogens is 362 g/mol. The van der Waals surface area contributed by atoms with Gasteiger partial charge in [0.15, 0.2) is 0 Å². The van der Waals surface area contributed by atoms with Crippen molar-refractivity contribution in [3.05, 3.63) is 59.7 Å². The Morgan fingerprint density at radius 1 is 1.22 bits per heavy atom. The number of ether oxygens (including phenoxy) is 1. The van der Waals surface area contributed by atoms with Crippen molar-refractivity contribution in [2.45, 2.75) is 18.6 Å². The summed E-state index contributed by atoms with van der Waals surface area (Å²) in [5.41, 5.74) is 3.01. The highest BCUT2D eigenvalue weighted by molar-refractivity contribution is 7.99. The lowest BCUT2D eigenvalue weighted by Gasteiger charge is -2.17. The fourth-order valence-electron chi connectivity index (χ4n) is 2.56. The molecule has 7 nitrogen and oxygen atoms in total. The Kier molecular flexibility index (Phi) is 6.08. The molecule has 0 atom stereocenters. The van der Waals surface area contributed by atoms with Crippen LogP contribution in [-0.2, 0) is 11.3 Å². The molecule has 140 valence electrons. The summed E-state index contributed by atoms with van der Waals surface area (Å²) in [5, 5.41) is 12.4. The molecule has 3 rings (SSSR count). The molecule has 27 heavy (non-hydrogen) atoms. The number of amides is 1. The van der Waals surface area contributed by atoms with Gasteiger partial charge in [0.1, 0.15) is 5.75 Å². The minimum atomic E-state index is 0.00149. The first-order chi connectivity index (χ1) is 13.1. The number of tetrazole rings is 1. The maximum Gasteiger partial charge on any atom is 0.233 e. The molecule has 8 heteroatoms. The van der Waals surface area contributed by atoms with Gasteiger partial charge in [-0.3, -0.25) is 4.79 Å². The van der Waals surface area contributed by atoms with E-state index in [4.69, 9.17) is 4.74 Å². The summed E-state index contributed by atoms with van der Waals surface area (Å²) < 4.78 is 6.87. The van der Waals surface area contributed by atoms with E-state index in [0.29, 0.717) is 11.7 Å². The third-order valence-corrected chi connectivity index (χ3v) is 4.90. The maximum atomic E-state index is 12.5. The molecule has 0 N–H and O–H groups in total. The zero-order valence-electron chi connectivity index (χ0n) is 15.5. The Labute approximate surface area is 162 Å². The van der Waals surface area contributed by atoms with E-state index in [1.807, 2.05) is 55.5 Å². The van der Waals surface area contributed by atoms with Gasteiger partial charge in [-0.15, -0.1) is 5.10 Å². The number of thioether (sulfide) groups is 1. The fourth-order valence-corrected chi connectivity index (χ4v) is 3.39. The first-order valence-electron chi connectivity index (χ1n) is 8.42. The lowest BCUT2D eigenvalue weighted by Crippen LogP contribution is -2.27. The van der Waals surface area contributed by atoms with Crippen LogP contribution < -0.4 is 4.74 Å². The van der Waals surface area contributed by atoms with Crippen LogP contribution >= 0.6 is 11.8 Å². The number of methoxy groups -OCH3 is 1. The van der Waals surface area contributed by atoms with E-state index in [2.05, 4.69) is 15.5 Å². The Morgan fingerprint density at radius 2 is 2.04 bits per heavy atom. The molecule has 0 unspecified atom stereocenters. The summed E-state index contributed by atoms with van der Waals surface area (Å²) in [7, 11) is 3.41. The molecule has 3 aromatic rings. The van der Waals surface area contributed by atoms with E-state index in [9.17, 15) is 4.79 Å². The minimum Gasteiger partial charge on any atom is -0.497 e. The highest BCUT2D eigenvalue weighted by Gasteiger charge is 2.14. The molecule has 0 aliphatic rings. The Balaban J connectivity index is 1.61. The number of carbonyl (C=O) groups is 1. The smallest absolute Gasteiger partial charge is 0.233 e. The Hall–Kier alpha value is -2.87. The monoisotopic (exact) mass is 383 g/mol. The first kappa shape index (κ1) is 18.9. The second-order valence-corrected chi connectivity index (χ2v) is 7.04. The van der Waals surface area contributed by atoms with Gasteiger partial charge in [-0.1, -0.05) is 36.0 Å². The van der Waals surface area contributed by atoms with Gasteiger partial charge >= 0.3 is 0 Å². The normalized spacial score (nSPS) is 10.6. The Morgan fingerprint density at radius 3 is 2.81 bits per heavy atom. The maximum absolute atomic E-state index is 12.5. The van der Waals surface area contributed by atoms with Gasteiger partial charge in [-0.25, -0.2) is 0 Å². The summed E-state index contributed by atoms with van der Waals surface area (Å²) in [6, 6.07) is 15.6. The van der Waals surface area contributed by atoms with E-state index in [-0.39, 0.29) is 11.7 Å². The zero-order chi connectivity index (χ0) is 19.2. The molecule has 0 spiro atoms. The van der Waals surface area contributed by atoms with E-state index in [0.717, 1.165) is 22.6 Å². The molecule has 1 amide bonds. The van der Waals surface area contributed by atoms with Crippen molar-refractivity contribution in [1.82, 2.24) is 25.1 Å². The molecule has 0 saturated carbocycles. The summed E-state index contributed by atoms with van der Waals surface area (Å²) >= 11 is 1.32. The van der Waals surface area contributed by atoms with Crippen LogP contribution in [0.5, 0.6) is 5.75 Å². The molecule has 0 fully saturated rings. The van der Waals surface area contributed by atoms with E-state index in [1.165, 1.54) is 11.8 Å². The van der Waals surface area contributed by atoms with Crippen molar-refractivity contribution in [1.29, 1.82) is 0 Å². The molecule has 2 aromatic carbocycles. The van der Waals surface area contributed by atoms with Crippen molar-refractivity contribution in [3.8, 4) is 11.4 Å². The first-order valence-corrected chi connectivity index (χ1v) is 9.40. The van der Waals surface area contributed by atoms with E-state index >= 15 is 0 Å². The van der Waals surface area contributed by atoms with Gasteiger partial charge in [0.05, 0.1) is 18.6 Å². The van der Waals surface area contributed by atoms with Crippen molar-refractivity contribution in [2.75, 3.05) is 19.9 Å². The molecule has 0 radical (unpaired) electrons. The SMILES string of the molecule is COc1cccc(CN(C)C(=O)CSc2nnnn2-c2cccc(C)c2)c1. The van der Waals surface area contributed by atoms with Crippen molar-refractivity contribution in [3.63, 3.8) is 0 Å². The predicted molar refractivity (Wildman–Crippen MR) is 104 cm³/mol. The number of aryl methyl sites for hydroxylation is 1. The molecule has 0 aliphatic carbocycles. The standard InChI is InChI=1S/C19H21N5O2S/c1-14-6-4-8-16(10-14)24-19(20-21-22-24)27-13-18(25)23(2)12-15-7-5-9-17(11-15)26-3/h4-11H,12-13H2,1-3H3. The molecule has 1 heterocycles. The van der Waals surface area contributed by atoms with Crippen LogP contribution in [0, 0.1) is 6.92 Å². The topological polar surface area (TPSA) is 73.1 Å². The van der Waals surface area contributed by atoms with Gasteiger partial charge in [-0.2, -0.15) is 4.68 Å². The van der Waals surface area contributed by atoms with Crippen LogP contribution in [0.1, 0.15) is 11.1 Å². The number of hydrogen-bond donors (Lipinski definition) is 0. The highest BCUT2D eigenvalue weighted by atomic mass is 32.2. The van der Waals surface area contributed by atoms with Gasteiger partial charge in [-0.05, 0) is 52.7 Å². The molecule has 0 aliphatic heterocycles. The second kappa shape index (κ2) is 8.68. The average Bonchev–Trinajstić information content (AvgIpc) is 3.15. The van der Waals surface area contributed by atoms with Crippen molar-refractivity contribution < 1.29 is 9.53 Å². The van der Waals surface area contributed by atoms with Crippen LogP contribution in [0.2, 0.25) is 0 Å². The molecule has 1 aromatic heterocycles. The number of hydrogen-bond acceptors (Lipinski definition) is 6. The lowest BCUT2D eigenvalue weighted by molar-refractivity contribution is -0.127. The van der Waals surface area contributed by atoms with Gasteiger partial charge < -0.3 is 9.64 Å². The predicted octanol–water partition coefficient (Wildman–Crippen LogP) is 2.73. The third-order valence-electron chi connectivity index (χ3n) is 3.99. The van der Waals surface area contributed by atoms with E-state index in [1.54, 1.807) is 23.7 Å². The number of rotatable bonds is 7. The summed E-state index contributed by atoms with van der Waals surface area (Å²) in [6.07, 6.45) is 0. The largest absolute Gasteiger partial charge is 0.497 e. The van der Waals surface area contributed by atoms with Crippen LogP contribution in [0.4, 0.5) is 0 Å². The average molecular weight is 383 g/mol. The van der Waals surface area contributed by atoms with Gasteiger partial charge in [0.2, 0.25) is 11.1 Å².